The summed E-state index contributed by atoms with van der Waals surface area (Å²) in [6, 6.07) is 9.72. The number of sulfonamides is 1. The number of amides is 1. The van der Waals surface area contributed by atoms with Gasteiger partial charge in [-0.1, -0.05) is 35.5 Å². The Morgan fingerprint density at radius 3 is 2.62 bits per heavy atom. The molecular formula is C22H26ClN5O4S2. The van der Waals surface area contributed by atoms with E-state index in [9.17, 15) is 13.2 Å². The Labute approximate surface area is 208 Å². The fourth-order valence-electron chi connectivity index (χ4n) is 3.06. The zero-order chi connectivity index (χ0) is 24.9. The van der Waals surface area contributed by atoms with Gasteiger partial charge in [0.05, 0.1) is 12.8 Å². The maximum Gasteiger partial charge on any atom is 0.268 e. The van der Waals surface area contributed by atoms with Gasteiger partial charge in [0.1, 0.15) is 23.0 Å². The fourth-order valence-corrected chi connectivity index (χ4v) is 5.59. The third kappa shape index (κ3) is 6.22. The van der Waals surface area contributed by atoms with Gasteiger partial charge in [0, 0.05) is 17.3 Å². The van der Waals surface area contributed by atoms with E-state index in [0.29, 0.717) is 28.3 Å². The average molecular weight is 524 g/mol. The lowest BCUT2D eigenvalue weighted by Gasteiger charge is -2.25. The first-order valence-corrected chi connectivity index (χ1v) is 13.1. The number of methoxy groups -OCH3 is 1. The minimum Gasteiger partial charge on any atom is -0.495 e. The van der Waals surface area contributed by atoms with Crippen molar-refractivity contribution in [1.82, 2.24) is 20.5 Å². The summed E-state index contributed by atoms with van der Waals surface area (Å²) >= 11 is 7.65. The van der Waals surface area contributed by atoms with Gasteiger partial charge in [-0.15, -0.1) is 5.10 Å². The van der Waals surface area contributed by atoms with Crippen molar-refractivity contribution >= 4 is 45.0 Å². The van der Waals surface area contributed by atoms with Crippen LogP contribution in [0.3, 0.4) is 0 Å². The summed E-state index contributed by atoms with van der Waals surface area (Å²) < 4.78 is 33.8. The topological polar surface area (TPSA) is 117 Å². The number of hydrogen-bond donors (Lipinski definition) is 2. The molecule has 2 aromatic carbocycles. The van der Waals surface area contributed by atoms with E-state index in [1.807, 2.05) is 6.92 Å². The second-order valence-corrected chi connectivity index (χ2v) is 10.8. The van der Waals surface area contributed by atoms with E-state index < -0.39 is 22.5 Å². The largest absolute Gasteiger partial charge is 0.495 e. The van der Waals surface area contributed by atoms with E-state index in [1.165, 1.54) is 31.0 Å². The van der Waals surface area contributed by atoms with Crippen molar-refractivity contribution in [3.05, 3.63) is 58.4 Å². The highest BCUT2D eigenvalue weighted by molar-refractivity contribution is 7.99. The number of nitrogens with one attached hydrogen (secondary N) is 2. The minimum atomic E-state index is -4.16. The van der Waals surface area contributed by atoms with Crippen LogP contribution in [0.2, 0.25) is 5.02 Å². The number of anilines is 1. The van der Waals surface area contributed by atoms with E-state index in [-0.39, 0.29) is 16.3 Å². The number of nitrogens with zero attached hydrogens (tertiary/aromatic N) is 3. The number of carbonyl (C=O) groups excluding carboxylic acids is 1. The van der Waals surface area contributed by atoms with Crippen molar-refractivity contribution in [3.8, 4) is 5.75 Å². The molecule has 0 unspecified atom stereocenters. The number of rotatable bonds is 10. The molecule has 12 heteroatoms. The Balaban J connectivity index is 1.83. The first-order valence-electron chi connectivity index (χ1n) is 10.3. The number of H-pyrrole nitrogens is 1. The summed E-state index contributed by atoms with van der Waals surface area (Å²) in [5, 5.41) is 10.5. The third-order valence-electron chi connectivity index (χ3n) is 4.85. The van der Waals surface area contributed by atoms with Crippen LogP contribution in [0, 0.1) is 20.8 Å². The standard InChI is InChI=1S/C22H26ClN5O4S2/c1-14-5-8-19(32-4)20(11-14)34(30,31)28(17-7-6-15(2)18(23)12-17)13-21(29)24-9-10-33-22-25-16(3)26-27-22/h5-8,11-12H,9-10,13H2,1-4H3,(H,24,29)(H,25,26,27). The zero-order valence-electron chi connectivity index (χ0n) is 19.3. The van der Waals surface area contributed by atoms with Gasteiger partial charge in [0.25, 0.3) is 10.0 Å². The molecule has 0 saturated heterocycles. The van der Waals surface area contributed by atoms with Gasteiger partial charge < -0.3 is 10.1 Å². The summed E-state index contributed by atoms with van der Waals surface area (Å²) in [7, 11) is -2.76. The molecular weight excluding hydrogens is 498 g/mol. The van der Waals surface area contributed by atoms with Gasteiger partial charge in [-0.2, -0.15) is 0 Å². The summed E-state index contributed by atoms with van der Waals surface area (Å²) in [5.74, 6) is 0.958. The number of aromatic nitrogens is 3. The molecule has 3 rings (SSSR count). The predicted molar refractivity (Wildman–Crippen MR) is 133 cm³/mol. The molecule has 0 bridgehead atoms. The lowest BCUT2D eigenvalue weighted by Crippen LogP contribution is -2.41. The second kappa shape index (κ2) is 11.1. The van der Waals surface area contributed by atoms with Gasteiger partial charge in [0.15, 0.2) is 0 Å². The number of carbonyl (C=O) groups is 1. The molecule has 0 aliphatic carbocycles. The zero-order valence-corrected chi connectivity index (χ0v) is 21.6. The molecule has 182 valence electrons. The third-order valence-corrected chi connectivity index (χ3v) is 7.90. The van der Waals surface area contributed by atoms with Crippen molar-refractivity contribution in [2.75, 3.05) is 30.3 Å². The monoisotopic (exact) mass is 523 g/mol. The normalized spacial score (nSPS) is 11.3. The van der Waals surface area contributed by atoms with Crippen molar-refractivity contribution in [3.63, 3.8) is 0 Å². The van der Waals surface area contributed by atoms with Crippen LogP contribution in [0.15, 0.2) is 46.5 Å². The summed E-state index contributed by atoms with van der Waals surface area (Å²) in [4.78, 5) is 16.9. The number of halogens is 1. The second-order valence-electron chi connectivity index (χ2n) is 7.50. The lowest BCUT2D eigenvalue weighted by atomic mass is 10.2. The van der Waals surface area contributed by atoms with Crippen molar-refractivity contribution in [1.29, 1.82) is 0 Å². The van der Waals surface area contributed by atoms with E-state index in [4.69, 9.17) is 16.3 Å². The molecule has 0 radical (unpaired) electrons. The Morgan fingerprint density at radius 2 is 1.97 bits per heavy atom. The first-order chi connectivity index (χ1) is 16.1. The van der Waals surface area contributed by atoms with Gasteiger partial charge >= 0.3 is 0 Å². The average Bonchev–Trinajstić information content (AvgIpc) is 3.22. The van der Waals surface area contributed by atoms with Crippen molar-refractivity contribution in [2.24, 2.45) is 0 Å². The molecule has 0 atom stereocenters. The van der Waals surface area contributed by atoms with Crippen LogP contribution >= 0.6 is 23.4 Å². The Kier molecular flexibility index (Phi) is 8.45. The molecule has 9 nitrogen and oxygen atoms in total. The predicted octanol–water partition coefficient (Wildman–Crippen LogP) is 3.50. The van der Waals surface area contributed by atoms with Crippen molar-refractivity contribution in [2.45, 2.75) is 30.8 Å². The number of thioether (sulfide) groups is 1. The van der Waals surface area contributed by atoms with Crippen LogP contribution in [-0.2, 0) is 14.8 Å². The van der Waals surface area contributed by atoms with E-state index in [2.05, 4.69) is 20.5 Å². The smallest absolute Gasteiger partial charge is 0.268 e. The molecule has 0 aliphatic rings. The Hall–Kier alpha value is -2.76. The summed E-state index contributed by atoms with van der Waals surface area (Å²) in [6.45, 7) is 5.28. The van der Waals surface area contributed by atoms with Crippen molar-refractivity contribution < 1.29 is 17.9 Å². The SMILES string of the molecule is COc1ccc(C)cc1S(=O)(=O)N(CC(=O)NCCSc1n[nH]c(C)n1)c1ccc(C)c(Cl)c1. The van der Waals surface area contributed by atoms with Crippen LogP contribution in [0.25, 0.3) is 0 Å². The number of ether oxygens (including phenoxy) is 1. The first kappa shape index (κ1) is 25.9. The molecule has 1 amide bonds. The van der Waals surface area contributed by atoms with E-state index in [0.717, 1.165) is 15.4 Å². The number of benzene rings is 2. The Bertz CT molecular complexity index is 1280. The molecule has 0 spiro atoms. The van der Waals surface area contributed by atoms with Crippen LogP contribution in [0.1, 0.15) is 17.0 Å². The molecule has 1 aromatic heterocycles. The van der Waals surface area contributed by atoms with E-state index >= 15 is 0 Å². The quantitative estimate of drug-likeness (QED) is 0.308. The van der Waals surface area contributed by atoms with Gasteiger partial charge in [-0.25, -0.2) is 13.4 Å². The highest BCUT2D eigenvalue weighted by Gasteiger charge is 2.30. The maximum absolute atomic E-state index is 13.7. The maximum atomic E-state index is 13.7. The van der Waals surface area contributed by atoms with Crippen LogP contribution in [-0.4, -0.2) is 55.5 Å². The molecule has 2 N–H and O–H groups in total. The molecule has 1 heterocycles. The summed E-state index contributed by atoms with van der Waals surface area (Å²) in [5.41, 5.74) is 1.81. The highest BCUT2D eigenvalue weighted by Crippen LogP contribution is 2.32. The highest BCUT2D eigenvalue weighted by atomic mass is 35.5. The number of aromatic amines is 1. The lowest BCUT2D eigenvalue weighted by molar-refractivity contribution is -0.119. The fraction of sp³-hybridized carbons (Fsp3) is 0.318. The molecule has 34 heavy (non-hydrogen) atoms. The molecule has 0 fully saturated rings. The van der Waals surface area contributed by atoms with Crippen LogP contribution < -0.4 is 14.4 Å². The molecule has 0 saturated carbocycles. The van der Waals surface area contributed by atoms with Crippen LogP contribution in [0.4, 0.5) is 5.69 Å². The van der Waals surface area contributed by atoms with Gasteiger partial charge in [-0.3, -0.25) is 14.2 Å². The number of hydrogen-bond acceptors (Lipinski definition) is 7. The van der Waals surface area contributed by atoms with E-state index in [1.54, 1.807) is 38.1 Å². The molecule has 3 aromatic rings. The van der Waals surface area contributed by atoms with Gasteiger partial charge in [0.2, 0.25) is 11.1 Å². The van der Waals surface area contributed by atoms with Gasteiger partial charge in [-0.05, 0) is 56.2 Å². The summed E-state index contributed by atoms with van der Waals surface area (Å²) in [6.07, 6.45) is 0. The Morgan fingerprint density at radius 1 is 1.21 bits per heavy atom. The number of aryl methyl sites for hydroxylation is 3. The minimum absolute atomic E-state index is 0.0324. The van der Waals surface area contributed by atoms with Crippen LogP contribution in [0.5, 0.6) is 5.75 Å². The molecule has 0 aliphatic heterocycles.